The van der Waals surface area contributed by atoms with Crippen molar-refractivity contribution in [1.82, 2.24) is 9.88 Å². The number of aromatic amines is 1. The molecule has 7 nitrogen and oxygen atoms in total. The molecular formula is C29H29N3O4. The zero-order valence-electron chi connectivity index (χ0n) is 20.1. The van der Waals surface area contributed by atoms with Gasteiger partial charge in [0.15, 0.2) is 5.78 Å². The van der Waals surface area contributed by atoms with Gasteiger partial charge in [-0.2, -0.15) is 0 Å². The van der Waals surface area contributed by atoms with Crippen LogP contribution in [0.25, 0.3) is 10.9 Å². The minimum absolute atomic E-state index is 0.0832. The van der Waals surface area contributed by atoms with Crippen molar-refractivity contribution in [3.63, 3.8) is 0 Å². The van der Waals surface area contributed by atoms with Gasteiger partial charge in [-0.3, -0.25) is 19.8 Å². The van der Waals surface area contributed by atoms with E-state index < -0.39 is 4.92 Å². The van der Waals surface area contributed by atoms with Crippen LogP contribution in [-0.2, 0) is 19.4 Å². The minimum atomic E-state index is -0.482. The predicted molar refractivity (Wildman–Crippen MR) is 140 cm³/mol. The van der Waals surface area contributed by atoms with Crippen molar-refractivity contribution in [2.75, 3.05) is 19.7 Å². The number of benzene rings is 3. The Labute approximate surface area is 209 Å². The van der Waals surface area contributed by atoms with Crippen molar-refractivity contribution in [3.05, 3.63) is 105 Å². The molecule has 1 aromatic heterocycles. The molecule has 1 aliphatic rings. The third kappa shape index (κ3) is 5.47. The molecule has 1 heterocycles. The van der Waals surface area contributed by atoms with Crippen molar-refractivity contribution in [2.45, 2.75) is 32.2 Å². The van der Waals surface area contributed by atoms with Gasteiger partial charge in [0.2, 0.25) is 0 Å². The first-order chi connectivity index (χ1) is 17.6. The normalized spacial score (nSPS) is 13.0. The number of H-pyrrole nitrogens is 1. The van der Waals surface area contributed by atoms with Gasteiger partial charge >= 0.3 is 0 Å². The van der Waals surface area contributed by atoms with Gasteiger partial charge in [0.1, 0.15) is 12.4 Å². The van der Waals surface area contributed by atoms with Gasteiger partial charge in [0, 0.05) is 53.4 Å². The summed E-state index contributed by atoms with van der Waals surface area (Å²) in [4.78, 5) is 29.2. The fraction of sp³-hybridized carbons (Fsp3) is 0.276. The Bertz CT molecular complexity index is 1380. The molecule has 0 bridgehead atoms. The summed E-state index contributed by atoms with van der Waals surface area (Å²) >= 11 is 0. The number of ketones is 1. The van der Waals surface area contributed by atoms with Crippen LogP contribution in [0.1, 0.15) is 40.0 Å². The number of carbonyl (C=O) groups excluding carboxylic acids is 1. The van der Waals surface area contributed by atoms with Crippen LogP contribution in [0.15, 0.2) is 72.8 Å². The third-order valence-corrected chi connectivity index (χ3v) is 6.74. The molecule has 36 heavy (non-hydrogen) atoms. The van der Waals surface area contributed by atoms with E-state index >= 15 is 0 Å². The summed E-state index contributed by atoms with van der Waals surface area (Å²) in [5.41, 5.74) is 5.24. The van der Waals surface area contributed by atoms with E-state index in [9.17, 15) is 14.9 Å². The van der Waals surface area contributed by atoms with Crippen LogP contribution in [0.5, 0.6) is 5.75 Å². The number of nitrogens with one attached hydrogen (secondary N) is 1. The van der Waals surface area contributed by atoms with Crippen LogP contribution in [0.4, 0.5) is 5.69 Å². The number of nitrogens with zero attached hydrogens (tertiary/aromatic N) is 2. The molecule has 0 saturated carbocycles. The molecule has 7 heteroatoms. The van der Waals surface area contributed by atoms with Gasteiger partial charge < -0.3 is 9.72 Å². The van der Waals surface area contributed by atoms with Gasteiger partial charge in [-0.25, -0.2) is 0 Å². The van der Waals surface area contributed by atoms with E-state index in [-0.39, 0.29) is 18.0 Å². The fourth-order valence-corrected chi connectivity index (χ4v) is 4.92. The highest BCUT2D eigenvalue weighted by Gasteiger charge is 2.17. The first-order valence-corrected chi connectivity index (χ1v) is 12.4. The molecule has 3 aromatic carbocycles. The topological polar surface area (TPSA) is 88.5 Å². The highest BCUT2D eigenvalue weighted by molar-refractivity contribution is 5.98. The van der Waals surface area contributed by atoms with E-state index in [2.05, 4.69) is 17.1 Å². The lowest BCUT2D eigenvalue weighted by atomic mass is 9.96. The Morgan fingerprint density at radius 1 is 1.00 bits per heavy atom. The Morgan fingerprint density at radius 2 is 1.83 bits per heavy atom. The van der Waals surface area contributed by atoms with Crippen LogP contribution in [0.3, 0.4) is 0 Å². The van der Waals surface area contributed by atoms with E-state index in [1.54, 1.807) is 12.1 Å². The lowest BCUT2D eigenvalue weighted by Gasteiger charge is -2.22. The van der Waals surface area contributed by atoms with Crippen molar-refractivity contribution >= 4 is 22.4 Å². The summed E-state index contributed by atoms with van der Waals surface area (Å²) < 4.78 is 6.09. The van der Waals surface area contributed by atoms with E-state index in [0.29, 0.717) is 25.3 Å². The van der Waals surface area contributed by atoms with Crippen LogP contribution >= 0.6 is 0 Å². The highest BCUT2D eigenvalue weighted by atomic mass is 16.6. The van der Waals surface area contributed by atoms with Crippen LogP contribution in [-0.4, -0.2) is 40.3 Å². The molecule has 0 amide bonds. The number of rotatable bonds is 10. The van der Waals surface area contributed by atoms with Gasteiger partial charge in [-0.05, 0) is 48.9 Å². The number of aromatic nitrogens is 1. The number of aryl methyl sites for hydroxylation is 2. The van der Waals surface area contributed by atoms with Crippen LogP contribution < -0.4 is 4.74 Å². The summed E-state index contributed by atoms with van der Waals surface area (Å²) in [6.45, 7) is 1.67. The summed E-state index contributed by atoms with van der Waals surface area (Å²) in [7, 11) is 0. The third-order valence-electron chi connectivity index (χ3n) is 6.74. The molecule has 0 aliphatic heterocycles. The average molecular weight is 484 g/mol. The van der Waals surface area contributed by atoms with Gasteiger partial charge in [-0.15, -0.1) is 0 Å². The number of Topliss-reactive ketones (excluding diaryl/α,β-unsaturated/α-hetero) is 1. The highest BCUT2D eigenvalue weighted by Crippen LogP contribution is 2.31. The lowest BCUT2D eigenvalue weighted by molar-refractivity contribution is -0.384. The summed E-state index contributed by atoms with van der Waals surface area (Å²) in [5.74, 6) is 0.638. The quantitative estimate of drug-likeness (QED) is 0.177. The maximum atomic E-state index is 13.0. The van der Waals surface area contributed by atoms with Crippen LogP contribution in [0.2, 0.25) is 0 Å². The maximum Gasteiger partial charge on any atom is 0.270 e. The molecule has 5 rings (SSSR count). The van der Waals surface area contributed by atoms with Crippen LogP contribution in [0, 0.1) is 10.1 Å². The zero-order chi connectivity index (χ0) is 24.9. The summed E-state index contributed by atoms with van der Waals surface area (Å²) in [5, 5.41) is 12.4. The number of nitro benzene ring substituents is 1. The van der Waals surface area contributed by atoms with Gasteiger partial charge in [0.05, 0.1) is 11.5 Å². The monoisotopic (exact) mass is 483 g/mol. The zero-order valence-corrected chi connectivity index (χ0v) is 20.1. The second-order valence-electron chi connectivity index (χ2n) is 9.27. The summed E-state index contributed by atoms with van der Waals surface area (Å²) in [6, 6.07) is 22.0. The lowest BCUT2D eigenvalue weighted by Crippen LogP contribution is -2.33. The van der Waals surface area contributed by atoms with E-state index in [4.69, 9.17) is 4.74 Å². The number of carbonyl (C=O) groups is 1. The van der Waals surface area contributed by atoms with Crippen molar-refractivity contribution in [2.24, 2.45) is 0 Å². The number of hydrogen-bond donors (Lipinski definition) is 1. The predicted octanol–water partition coefficient (Wildman–Crippen LogP) is 5.72. The Morgan fingerprint density at radius 3 is 2.67 bits per heavy atom. The SMILES string of the molecule is O=C(CN(CCOc1ccc2c3c([nH]c2c1)CCCC3)Cc1ccccc1)c1cccc([N+](=O)[O-])c1. The minimum Gasteiger partial charge on any atom is -0.492 e. The summed E-state index contributed by atoms with van der Waals surface area (Å²) in [6.07, 6.45) is 4.70. The van der Waals surface area contributed by atoms with Crippen molar-refractivity contribution < 1.29 is 14.5 Å². The van der Waals surface area contributed by atoms with Gasteiger partial charge in [0.25, 0.3) is 5.69 Å². The van der Waals surface area contributed by atoms with Crippen molar-refractivity contribution in [1.29, 1.82) is 0 Å². The molecule has 4 aromatic rings. The standard InChI is InChI=1S/C29H29N3O4/c33-29(22-9-6-10-23(17-22)32(34)35)20-31(19-21-7-2-1-3-8-21)15-16-36-24-13-14-26-25-11-4-5-12-27(25)30-28(26)18-24/h1-3,6-10,13-14,17-18,30H,4-5,11-12,15-16,19-20H2. The second kappa shape index (κ2) is 10.7. The number of fused-ring (bicyclic) bond motifs is 3. The molecule has 0 radical (unpaired) electrons. The van der Waals surface area contributed by atoms with E-state index in [1.807, 2.05) is 41.3 Å². The largest absolute Gasteiger partial charge is 0.492 e. The first kappa shape index (κ1) is 23.8. The van der Waals surface area contributed by atoms with Crippen molar-refractivity contribution in [3.8, 4) is 5.75 Å². The van der Waals surface area contributed by atoms with E-state index in [1.165, 1.54) is 41.6 Å². The molecule has 0 spiro atoms. The molecule has 184 valence electrons. The average Bonchev–Trinajstić information content (AvgIpc) is 3.27. The molecule has 1 aliphatic carbocycles. The number of non-ortho nitro benzene ring substituents is 1. The molecule has 0 saturated heterocycles. The van der Waals surface area contributed by atoms with Gasteiger partial charge in [-0.1, -0.05) is 42.5 Å². The smallest absolute Gasteiger partial charge is 0.270 e. The number of ether oxygens (including phenoxy) is 1. The fourth-order valence-electron chi connectivity index (χ4n) is 4.92. The molecule has 1 N–H and O–H groups in total. The number of hydrogen-bond acceptors (Lipinski definition) is 5. The Balaban J connectivity index is 1.26. The second-order valence-corrected chi connectivity index (χ2v) is 9.27. The first-order valence-electron chi connectivity index (χ1n) is 12.4. The molecule has 0 fully saturated rings. The maximum absolute atomic E-state index is 13.0. The molecule has 0 atom stereocenters. The van der Waals surface area contributed by atoms with E-state index in [0.717, 1.165) is 29.7 Å². The Hall–Kier alpha value is -3.97. The number of nitro groups is 1. The molecular weight excluding hydrogens is 454 g/mol. The Kier molecular flexibility index (Phi) is 7.09. The molecule has 0 unspecified atom stereocenters.